The Morgan fingerprint density at radius 3 is 2.83 bits per heavy atom. The zero-order chi connectivity index (χ0) is 20.0. The minimum absolute atomic E-state index is 0.382. The molecule has 9 nitrogen and oxygen atoms in total. The topological polar surface area (TPSA) is 117 Å². The van der Waals surface area contributed by atoms with Gasteiger partial charge in [0.1, 0.15) is 24.6 Å². The molecule has 29 heavy (non-hydrogen) atoms. The molecule has 10 heteroatoms. The van der Waals surface area contributed by atoms with Crippen molar-refractivity contribution in [1.82, 2.24) is 19.5 Å². The summed E-state index contributed by atoms with van der Waals surface area (Å²) in [6.07, 6.45) is -1.10. The van der Waals surface area contributed by atoms with Gasteiger partial charge < -0.3 is 25.0 Å². The van der Waals surface area contributed by atoms with E-state index < -0.39 is 24.5 Å². The Hall–Kier alpha value is -2.24. The molecule has 0 saturated carbocycles. The lowest BCUT2D eigenvalue weighted by molar-refractivity contribution is -0.0511. The second-order valence-electron chi connectivity index (χ2n) is 7.13. The van der Waals surface area contributed by atoms with Gasteiger partial charge in [-0.2, -0.15) is 0 Å². The van der Waals surface area contributed by atoms with Crippen molar-refractivity contribution in [3.8, 4) is 0 Å². The minimum atomic E-state index is -1.19. The Kier molecular flexibility index (Phi) is 4.88. The van der Waals surface area contributed by atoms with Crippen LogP contribution in [0.3, 0.4) is 0 Å². The molecule has 2 aromatic heterocycles. The van der Waals surface area contributed by atoms with Crippen LogP contribution in [0, 0.1) is 0 Å². The van der Waals surface area contributed by atoms with E-state index in [9.17, 15) is 15.3 Å². The summed E-state index contributed by atoms with van der Waals surface area (Å²) in [5.74, 6) is 1.65. The highest BCUT2D eigenvalue weighted by molar-refractivity contribution is 7.99. The second-order valence-corrected chi connectivity index (χ2v) is 8.26. The molecular weight excluding hydrogens is 394 g/mol. The SMILES string of the molecule is OC[C@H]1OC(n2cnc3c(N4CCSc5ccccc5C4)ncnc32)[C@H](O)[C@@H]1O. The summed E-state index contributed by atoms with van der Waals surface area (Å²) >= 11 is 1.83. The molecule has 4 heterocycles. The standard InChI is InChI=1S/C19H21N5O4S/c25-8-12-15(26)16(27)19(28-12)24-10-22-14-17(20-9-21-18(14)24)23-5-6-29-13-4-2-1-3-11(13)7-23/h1-4,9-10,12,15-16,19,25-27H,5-8H2/t12-,15-,16-,19?/m1/s1. The number of benzene rings is 1. The molecule has 3 aromatic rings. The van der Waals surface area contributed by atoms with Gasteiger partial charge in [-0.15, -0.1) is 11.8 Å². The molecule has 0 spiro atoms. The number of aromatic nitrogens is 4. The van der Waals surface area contributed by atoms with Gasteiger partial charge in [0.15, 0.2) is 23.2 Å². The Morgan fingerprint density at radius 2 is 2.00 bits per heavy atom. The predicted molar refractivity (Wildman–Crippen MR) is 107 cm³/mol. The van der Waals surface area contributed by atoms with Crippen LogP contribution in [0.25, 0.3) is 11.2 Å². The molecule has 0 bridgehead atoms. The van der Waals surface area contributed by atoms with Crippen LogP contribution in [0.4, 0.5) is 5.82 Å². The summed E-state index contributed by atoms with van der Waals surface area (Å²) < 4.78 is 7.22. The van der Waals surface area contributed by atoms with Crippen molar-refractivity contribution in [3.63, 3.8) is 0 Å². The van der Waals surface area contributed by atoms with E-state index in [1.54, 1.807) is 4.57 Å². The smallest absolute Gasteiger partial charge is 0.167 e. The predicted octanol–water partition coefficient (Wildman–Crippen LogP) is 0.550. The average Bonchev–Trinajstić information content (AvgIpc) is 3.20. The summed E-state index contributed by atoms with van der Waals surface area (Å²) in [5.41, 5.74) is 2.36. The number of anilines is 1. The van der Waals surface area contributed by atoms with Crippen LogP contribution in [0.5, 0.6) is 0 Å². The van der Waals surface area contributed by atoms with Gasteiger partial charge in [0.05, 0.1) is 12.9 Å². The largest absolute Gasteiger partial charge is 0.394 e. The molecule has 152 valence electrons. The van der Waals surface area contributed by atoms with Crippen molar-refractivity contribution in [2.24, 2.45) is 0 Å². The molecular formula is C19H21N5O4S. The molecule has 1 saturated heterocycles. The fourth-order valence-corrected chi connectivity index (χ4v) is 4.90. The van der Waals surface area contributed by atoms with Crippen molar-refractivity contribution >= 4 is 28.7 Å². The van der Waals surface area contributed by atoms with E-state index in [1.807, 2.05) is 23.9 Å². The van der Waals surface area contributed by atoms with Gasteiger partial charge in [-0.3, -0.25) is 4.57 Å². The fraction of sp³-hybridized carbons (Fsp3) is 0.421. The van der Waals surface area contributed by atoms with Gasteiger partial charge in [0.2, 0.25) is 0 Å². The van der Waals surface area contributed by atoms with E-state index in [0.29, 0.717) is 11.2 Å². The number of aliphatic hydroxyl groups is 3. The number of imidazole rings is 1. The second kappa shape index (κ2) is 7.54. The van der Waals surface area contributed by atoms with E-state index in [2.05, 4.69) is 32.0 Å². The normalized spacial score (nSPS) is 27.2. The van der Waals surface area contributed by atoms with Crippen molar-refractivity contribution in [2.45, 2.75) is 36.0 Å². The van der Waals surface area contributed by atoms with Crippen LogP contribution in [-0.2, 0) is 11.3 Å². The van der Waals surface area contributed by atoms with E-state index in [1.165, 1.54) is 23.1 Å². The van der Waals surface area contributed by atoms with Crippen molar-refractivity contribution in [3.05, 3.63) is 42.5 Å². The Bertz CT molecular complexity index is 1030. The third-order valence-corrected chi connectivity index (χ3v) is 6.48. The Balaban J connectivity index is 1.51. The first-order valence-corrected chi connectivity index (χ1v) is 10.4. The molecule has 2 aliphatic rings. The first kappa shape index (κ1) is 18.8. The summed E-state index contributed by atoms with van der Waals surface area (Å²) in [7, 11) is 0. The van der Waals surface area contributed by atoms with Crippen LogP contribution in [0.1, 0.15) is 11.8 Å². The zero-order valence-electron chi connectivity index (χ0n) is 15.5. The fourth-order valence-electron chi connectivity index (χ4n) is 3.87. The number of thioether (sulfide) groups is 1. The molecule has 4 atom stereocenters. The molecule has 3 N–H and O–H groups in total. The Morgan fingerprint density at radius 1 is 1.14 bits per heavy atom. The van der Waals surface area contributed by atoms with Crippen molar-refractivity contribution in [2.75, 3.05) is 23.8 Å². The maximum atomic E-state index is 10.4. The first-order chi connectivity index (χ1) is 14.2. The van der Waals surface area contributed by atoms with E-state index in [4.69, 9.17) is 4.74 Å². The highest BCUT2D eigenvalue weighted by atomic mass is 32.2. The summed E-state index contributed by atoms with van der Waals surface area (Å²) in [4.78, 5) is 16.8. The third kappa shape index (κ3) is 3.17. The maximum absolute atomic E-state index is 10.4. The lowest BCUT2D eigenvalue weighted by Gasteiger charge is -2.22. The zero-order valence-corrected chi connectivity index (χ0v) is 16.3. The molecule has 5 rings (SSSR count). The summed E-state index contributed by atoms with van der Waals surface area (Å²) in [6.45, 7) is 1.15. The molecule has 2 aliphatic heterocycles. The van der Waals surface area contributed by atoms with Gasteiger partial charge in [-0.05, 0) is 11.6 Å². The van der Waals surface area contributed by atoms with Gasteiger partial charge in [-0.25, -0.2) is 15.0 Å². The third-order valence-electron chi connectivity index (χ3n) is 5.38. The number of hydrogen-bond donors (Lipinski definition) is 3. The summed E-state index contributed by atoms with van der Waals surface area (Å²) in [6, 6.07) is 8.34. The lowest BCUT2D eigenvalue weighted by atomic mass is 10.1. The van der Waals surface area contributed by atoms with Crippen molar-refractivity contribution in [1.29, 1.82) is 0 Å². The van der Waals surface area contributed by atoms with E-state index >= 15 is 0 Å². The number of fused-ring (bicyclic) bond motifs is 2. The highest BCUT2D eigenvalue weighted by Gasteiger charge is 2.44. The number of rotatable bonds is 3. The lowest BCUT2D eigenvalue weighted by Crippen LogP contribution is -2.33. The minimum Gasteiger partial charge on any atom is -0.394 e. The van der Waals surface area contributed by atoms with Crippen LogP contribution in [0.2, 0.25) is 0 Å². The molecule has 0 radical (unpaired) electrons. The molecule has 0 aliphatic carbocycles. The molecule has 1 aromatic carbocycles. The highest BCUT2D eigenvalue weighted by Crippen LogP contribution is 2.34. The monoisotopic (exact) mass is 415 g/mol. The number of hydrogen-bond acceptors (Lipinski definition) is 9. The van der Waals surface area contributed by atoms with E-state index in [0.717, 1.165) is 24.7 Å². The number of aliphatic hydroxyl groups excluding tert-OH is 3. The average molecular weight is 415 g/mol. The van der Waals surface area contributed by atoms with Crippen LogP contribution in [0.15, 0.2) is 41.8 Å². The summed E-state index contributed by atoms with van der Waals surface area (Å²) in [5, 5.41) is 29.8. The first-order valence-electron chi connectivity index (χ1n) is 9.43. The van der Waals surface area contributed by atoms with Gasteiger partial charge >= 0.3 is 0 Å². The number of nitrogens with zero attached hydrogens (tertiary/aromatic N) is 5. The molecule has 1 unspecified atom stereocenters. The van der Waals surface area contributed by atoms with Crippen LogP contribution in [-0.4, -0.2) is 72.1 Å². The van der Waals surface area contributed by atoms with Gasteiger partial charge in [0.25, 0.3) is 0 Å². The van der Waals surface area contributed by atoms with Crippen LogP contribution < -0.4 is 4.90 Å². The molecule has 0 amide bonds. The maximum Gasteiger partial charge on any atom is 0.167 e. The van der Waals surface area contributed by atoms with E-state index in [-0.39, 0.29) is 6.61 Å². The van der Waals surface area contributed by atoms with Gasteiger partial charge in [0, 0.05) is 23.7 Å². The molecule has 1 fully saturated rings. The quantitative estimate of drug-likeness (QED) is 0.564. The number of ether oxygens (including phenoxy) is 1. The van der Waals surface area contributed by atoms with Crippen LogP contribution >= 0.6 is 11.8 Å². The Labute approximate surface area is 171 Å². The van der Waals surface area contributed by atoms with Gasteiger partial charge in [-0.1, -0.05) is 18.2 Å². The van der Waals surface area contributed by atoms with Crippen molar-refractivity contribution < 1.29 is 20.1 Å².